The minimum atomic E-state index is -3.70. The highest BCUT2D eigenvalue weighted by molar-refractivity contribution is 7.87. The van der Waals surface area contributed by atoms with Crippen molar-refractivity contribution in [3.8, 4) is 0 Å². The lowest BCUT2D eigenvalue weighted by molar-refractivity contribution is 0.236. The summed E-state index contributed by atoms with van der Waals surface area (Å²) in [7, 11) is -1.02. The Balaban J connectivity index is 4.36. The van der Waals surface area contributed by atoms with Gasteiger partial charge in [-0.15, -0.1) is 0 Å². The van der Waals surface area contributed by atoms with E-state index in [2.05, 4.69) is 5.32 Å². The van der Waals surface area contributed by atoms with E-state index in [1.54, 1.807) is 20.8 Å². The first-order chi connectivity index (χ1) is 6.04. The van der Waals surface area contributed by atoms with Gasteiger partial charge in [-0.2, -0.15) is 12.7 Å². The number of hydrogen-bond donors (Lipinski definition) is 2. The Hall–Kier alpha value is -0.820. The predicted octanol–water partition coefficient (Wildman–Crippen LogP) is -0.109. The third kappa shape index (κ3) is 5.03. The highest BCUT2D eigenvalue weighted by Crippen LogP contribution is 1.98. The van der Waals surface area contributed by atoms with E-state index in [1.807, 2.05) is 4.72 Å². The Labute approximate surface area is 84.8 Å². The van der Waals surface area contributed by atoms with E-state index in [4.69, 9.17) is 0 Å². The Morgan fingerprint density at radius 3 is 1.93 bits per heavy atom. The van der Waals surface area contributed by atoms with Gasteiger partial charge in [-0.05, 0) is 20.8 Å². The summed E-state index contributed by atoms with van der Waals surface area (Å²) in [6.45, 7) is 5.28. The minimum Gasteiger partial charge on any atom is -0.333 e. The molecule has 0 bridgehead atoms. The number of hydrogen-bond acceptors (Lipinski definition) is 3. The predicted molar refractivity (Wildman–Crippen MR) is 54.0 cm³/mol. The Kier molecular flexibility index (Phi) is 3.90. The average Bonchev–Trinajstić information content (AvgIpc) is 1.79. The Bertz CT molecular complexity index is 303. The van der Waals surface area contributed by atoms with Crippen molar-refractivity contribution < 1.29 is 13.2 Å². The van der Waals surface area contributed by atoms with Crippen LogP contribution in [0.1, 0.15) is 20.8 Å². The fourth-order valence-electron chi connectivity index (χ4n) is 0.575. The summed E-state index contributed by atoms with van der Waals surface area (Å²) in [5.74, 6) is 0. The number of rotatable bonds is 2. The molecule has 0 aliphatic rings. The molecule has 6 nitrogen and oxygen atoms in total. The molecule has 0 aromatic heterocycles. The molecule has 0 saturated carbocycles. The number of nitrogens with zero attached hydrogens (tertiary/aromatic N) is 1. The SMILES string of the molecule is CN(C)S(=O)(=O)NC(=O)NC(C)(C)C. The van der Waals surface area contributed by atoms with Crippen molar-refractivity contribution in [3.05, 3.63) is 0 Å². The maximum Gasteiger partial charge on any atom is 0.329 e. The van der Waals surface area contributed by atoms with E-state index in [0.717, 1.165) is 4.31 Å². The zero-order valence-corrected chi connectivity index (χ0v) is 9.90. The molecule has 0 aliphatic heterocycles. The lowest BCUT2D eigenvalue weighted by atomic mass is 10.1. The third-order valence-corrected chi connectivity index (χ3v) is 2.60. The van der Waals surface area contributed by atoms with Crippen molar-refractivity contribution in [3.63, 3.8) is 0 Å². The number of amides is 2. The van der Waals surface area contributed by atoms with Crippen molar-refractivity contribution in [2.24, 2.45) is 0 Å². The standard InChI is InChI=1S/C7H17N3O3S/c1-7(2,3)8-6(11)9-14(12,13)10(4)5/h1-5H3,(H2,8,9,11). The minimum absolute atomic E-state index is 0.466. The first kappa shape index (κ1) is 13.2. The normalized spacial score (nSPS) is 12.7. The average molecular weight is 223 g/mol. The summed E-state index contributed by atoms with van der Waals surface area (Å²) in [5, 5.41) is 2.47. The molecule has 0 atom stereocenters. The van der Waals surface area contributed by atoms with Crippen LogP contribution in [0.15, 0.2) is 0 Å². The van der Waals surface area contributed by atoms with E-state index in [9.17, 15) is 13.2 Å². The Morgan fingerprint density at radius 2 is 1.64 bits per heavy atom. The van der Waals surface area contributed by atoms with Crippen molar-refractivity contribution in [1.29, 1.82) is 0 Å². The third-order valence-electron chi connectivity index (χ3n) is 1.19. The van der Waals surface area contributed by atoms with Gasteiger partial charge in [-0.1, -0.05) is 0 Å². The van der Waals surface area contributed by atoms with Gasteiger partial charge in [-0.3, -0.25) is 0 Å². The molecule has 7 heteroatoms. The summed E-state index contributed by atoms with van der Waals surface area (Å²) in [6, 6.07) is -0.730. The van der Waals surface area contributed by atoms with E-state index < -0.39 is 21.8 Å². The molecule has 0 heterocycles. The van der Waals surface area contributed by atoms with Gasteiger partial charge in [0, 0.05) is 19.6 Å². The number of carbonyl (C=O) groups excluding carboxylic acids is 1. The van der Waals surface area contributed by atoms with Gasteiger partial charge in [0.2, 0.25) is 0 Å². The highest BCUT2D eigenvalue weighted by atomic mass is 32.2. The van der Waals surface area contributed by atoms with Crippen molar-refractivity contribution in [1.82, 2.24) is 14.3 Å². The topological polar surface area (TPSA) is 78.5 Å². The van der Waals surface area contributed by atoms with Gasteiger partial charge in [0.1, 0.15) is 0 Å². The zero-order chi connectivity index (χ0) is 11.6. The number of carbonyl (C=O) groups is 1. The summed E-state index contributed by atoms with van der Waals surface area (Å²) in [4.78, 5) is 11.2. The molecular weight excluding hydrogens is 206 g/mol. The van der Waals surface area contributed by atoms with Crippen molar-refractivity contribution in [2.75, 3.05) is 14.1 Å². The molecule has 14 heavy (non-hydrogen) atoms. The monoisotopic (exact) mass is 223 g/mol. The van der Waals surface area contributed by atoms with E-state index in [-0.39, 0.29) is 0 Å². The summed E-state index contributed by atoms with van der Waals surface area (Å²) in [5.41, 5.74) is -0.466. The van der Waals surface area contributed by atoms with Crippen LogP contribution in [-0.2, 0) is 10.2 Å². The molecule has 0 aromatic carbocycles. The van der Waals surface area contributed by atoms with E-state index in [0.29, 0.717) is 0 Å². The van der Waals surface area contributed by atoms with Crippen LogP contribution >= 0.6 is 0 Å². The molecule has 0 saturated heterocycles. The van der Waals surface area contributed by atoms with Crippen LogP contribution in [0.25, 0.3) is 0 Å². The molecule has 0 fully saturated rings. The molecule has 0 aromatic rings. The quantitative estimate of drug-likeness (QED) is 0.685. The van der Waals surface area contributed by atoms with Crippen molar-refractivity contribution >= 4 is 16.2 Å². The largest absolute Gasteiger partial charge is 0.333 e. The van der Waals surface area contributed by atoms with Crippen LogP contribution in [0, 0.1) is 0 Å². The number of urea groups is 1. The smallest absolute Gasteiger partial charge is 0.329 e. The molecule has 84 valence electrons. The summed E-state index contributed by atoms with van der Waals surface area (Å²) < 4.78 is 25.1. The summed E-state index contributed by atoms with van der Waals surface area (Å²) in [6.07, 6.45) is 0. The maximum absolute atomic E-state index is 11.2. The molecule has 0 radical (unpaired) electrons. The second-order valence-electron chi connectivity index (χ2n) is 4.09. The van der Waals surface area contributed by atoms with Crippen LogP contribution < -0.4 is 10.0 Å². The van der Waals surface area contributed by atoms with Crippen LogP contribution in [0.3, 0.4) is 0 Å². The fourth-order valence-corrected chi connectivity index (χ4v) is 1.04. The second kappa shape index (κ2) is 4.14. The number of nitrogens with one attached hydrogen (secondary N) is 2. The fraction of sp³-hybridized carbons (Fsp3) is 0.857. The van der Waals surface area contributed by atoms with Crippen LogP contribution in [0.5, 0.6) is 0 Å². The van der Waals surface area contributed by atoms with Crippen LogP contribution in [0.2, 0.25) is 0 Å². The van der Waals surface area contributed by atoms with Gasteiger partial charge < -0.3 is 5.32 Å². The van der Waals surface area contributed by atoms with Gasteiger partial charge in [0.25, 0.3) is 0 Å². The molecule has 0 rings (SSSR count). The Morgan fingerprint density at radius 1 is 1.21 bits per heavy atom. The maximum atomic E-state index is 11.2. The lowest BCUT2D eigenvalue weighted by Crippen LogP contribution is -2.50. The van der Waals surface area contributed by atoms with Crippen LogP contribution in [-0.4, -0.2) is 38.4 Å². The van der Waals surface area contributed by atoms with Gasteiger partial charge in [0.15, 0.2) is 0 Å². The highest BCUT2D eigenvalue weighted by Gasteiger charge is 2.20. The van der Waals surface area contributed by atoms with E-state index in [1.165, 1.54) is 14.1 Å². The molecule has 2 amide bonds. The molecule has 0 unspecified atom stereocenters. The van der Waals surface area contributed by atoms with Gasteiger partial charge in [0.05, 0.1) is 0 Å². The van der Waals surface area contributed by atoms with Crippen LogP contribution in [0.4, 0.5) is 4.79 Å². The van der Waals surface area contributed by atoms with Gasteiger partial charge in [-0.25, -0.2) is 9.52 Å². The van der Waals surface area contributed by atoms with Gasteiger partial charge >= 0.3 is 16.2 Å². The van der Waals surface area contributed by atoms with Crippen molar-refractivity contribution in [2.45, 2.75) is 26.3 Å². The first-order valence-corrected chi connectivity index (χ1v) is 5.51. The molecule has 2 N–H and O–H groups in total. The molecule has 0 aliphatic carbocycles. The zero-order valence-electron chi connectivity index (χ0n) is 9.08. The second-order valence-corrected chi connectivity index (χ2v) is 5.98. The first-order valence-electron chi connectivity index (χ1n) is 4.07. The molecular formula is C7H17N3O3S. The lowest BCUT2D eigenvalue weighted by Gasteiger charge is -2.21. The molecule has 0 spiro atoms. The summed E-state index contributed by atoms with van der Waals surface area (Å²) >= 11 is 0. The van der Waals surface area contributed by atoms with E-state index >= 15 is 0 Å².